The van der Waals surface area contributed by atoms with Crippen molar-refractivity contribution in [3.63, 3.8) is 0 Å². The van der Waals surface area contributed by atoms with Gasteiger partial charge in [0.05, 0.1) is 12.8 Å². The van der Waals surface area contributed by atoms with Gasteiger partial charge in [0.15, 0.2) is 11.8 Å². The number of hydrogen-bond donors (Lipinski definition) is 3. The Balaban J connectivity index is 1.77. The van der Waals surface area contributed by atoms with E-state index in [-0.39, 0.29) is 18.7 Å². The van der Waals surface area contributed by atoms with E-state index in [1.807, 2.05) is 24.3 Å². The largest absolute Gasteiger partial charge is 0.464 e. The number of nitrogens with one attached hydrogen (secondary N) is 1. The molecule has 0 saturated heterocycles. The molecule has 0 spiro atoms. The van der Waals surface area contributed by atoms with Gasteiger partial charge >= 0.3 is 5.97 Å². The fraction of sp³-hybridized carbons (Fsp3) is 0.273. The number of aliphatic hydroxyl groups is 1. The maximum atomic E-state index is 12.5. The van der Waals surface area contributed by atoms with Crippen molar-refractivity contribution in [2.75, 3.05) is 6.61 Å². The van der Waals surface area contributed by atoms with Crippen LogP contribution in [0.25, 0.3) is 11.1 Å². The number of aliphatic hydroxyl groups excluding tert-OH is 1. The van der Waals surface area contributed by atoms with Gasteiger partial charge in [0.25, 0.3) is 5.91 Å². The van der Waals surface area contributed by atoms with Crippen LogP contribution in [0.5, 0.6) is 0 Å². The lowest BCUT2D eigenvalue weighted by Gasteiger charge is -2.21. The average Bonchev–Trinajstić information content (AvgIpc) is 3.22. The van der Waals surface area contributed by atoms with Gasteiger partial charge in [-0.25, -0.2) is 4.79 Å². The number of nitrogens with zero attached hydrogens (tertiary/aromatic N) is 3. The van der Waals surface area contributed by atoms with Gasteiger partial charge in [0, 0.05) is 28.1 Å². The lowest BCUT2D eigenvalue weighted by molar-refractivity contribution is -0.153. The predicted octanol–water partition coefficient (Wildman–Crippen LogP) is 3.14. The minimum absolute atomic E-state index is 0.0836. The van der Waals surface area contributed by atoms with Gasteiger partial charge in [-0.05, 0) is 47.9 Å². The molecule has 0 bridgehead atoms. The van der Waals surface area contributed by atoms with E-state index in [4.69, 9.17) is 27.9 Å². The summed E-state index contributed by atoms with van der Waals surface area (Å²) < 4.78 is 4.85. The summed E-state index contributed by atoms with van der Waals surface area (Å²) in [5.74, 6) is -1.39. The number of aromatic nitrogens is 3. The van der Waals surface area contributed by atoms with Crippen LogP contribution in [0.3, 0.4) is 0 Å². The first-order valence-electron chi connectivity index (χ1n) is 10.1. The van der Waals surface area contributed by atoms with Crippen molar-refractivity contribution in [3.8, 4) is 11.1 Å². The molecule has 2 atom stereocenters. The van der Waals surface area contributed by atoms with E-state index >= 15 is 0 Å². The first-order valence-corrected chi connectivity index (χ1v) is 10.8. The Morgan fingerprint density at radius 1 is 1.18 bits per heavy atom. The van der Waals surface area contributed by atoms with Gasteiger partial charge in [-0.1, -0.05) is 52.3 Å². The number of halogens is 2. The summed E-state index contributed by atoms with van der Waals surface area (Å²) in [7, 11) is 0. The zero-order chi connectivity index (χ0) is 24.0. The molecule has 9 nitrogen and oxygen atoms in total. The molecule has 1 aromatic heterocycles. The van der Waals surface area contributed by atoms with E-state index in [9.17, 15) is 19.9 Å². The Morgan fingerprint density at radius 3 is 2.55 bits per heavy atom. The minimum atomic E-state index is -1.42. The maximum Gasteiger partial charge on any atom is 0.335 e. The molecular weight excluding hydrogens is 471 g/mol. The average molecular weight is 493 g/mol. The molecule has 0 radical (unpaired) electrons. The van der Waals surface area contributed by atoms with E-state index in [1.54, 1.807) is 25.1 Å². The van der Waals surface area contributed by atoms with Crippen LogP contribution in [0.4, 0.5) is 0 Å². The van der Waals surface area contributed by atoms with Crippen molar-refractivity contribution in [1.29, 1.82) is 0 Å². The fourth-order valence-electron chi connectivity index (χ4n) is 3.24. The van der Waals surface area contributed by atoms with Crippen molar-refractivity contribution >= 4 is 35.1 Å². The standard InChI is InChI=1S/C22H22Cl2N4O5/c1-2-33-22(31)20(29)11-16(25-21(30)19-12-28(32)27-26-19)9-13-3-5-14(6-4-13)17-10-15(23)7-8-18(17)24/h3-8,10,12,16,20,29,32H,2,9,11H2,1H3,(H,25,30). The zero-order valence-corrected chi connectivity index (χ0v) is 19.1. The van der Waals surface area contributed by atoms with Crippen LogP contribution in [-0.4, -0.2) is 56.1 Å². The number of esters is 1. The second-order valence-electron chi connectivity index (χ2n) is 7.22. The maximum absolute atomic E-state index is 12.5. The van der Waals surface area contributed by atoms with Gasteiger partial charge in [0.1, 0.15) is 0 Å². The quantitative estimate of drug-likeness (QED) is 0.309. The third kappa shape index (κ3) is 6.67. The van der Waals surface area contributed by atoms with E-state index < -0.39 is 24.0 Å². The molecule has 2 aromatic carbocycles. The SMILES string of the molecule is CCOC(=O)C(O)CC(Cc1ccc(-c2cc(Cl)ccc2Cl)cc1)NC(=O)c1cn(O)nn1. The van der Waals surface area contributed by atoms with Gasteiger partial charge in [-0.3, -0.25) is 4.79 Å². The minimum Gasteiger partial charge on any atom is -0.464 e. The molecule has 11 heteroatoms. The second-order valence-corrected chi connectivity index (χ2v) is 8.07. The number of amides is 1. The molecule has 3 rings (SSSR count). The van der Waals surface area contributed by atoms with Gasteiger partial charge in [0.2, 0.25) is 0 Å². The van der Waals surface area contributed by atoms with Crippen molar-refractivity contribution in [1.82, 2.24) is 20.5 Å². The first kappa shape index (κ1) is 24.5. The van der Waals surface area contributed by atoms with Gasteiger partial charge < -0.3 is 20.4 Å². The first-order chi connectivity index (χ1) is 15.8. The Bertz CT molecular complexity index is 1120. The van der Waals surface area contributed by atoms with Crippen LogP contribution in [0, 0.1) is 0 Å². The van der Waals surface area contributed by atoms with Crippen LogP contribution in [-0.2, 0) is 16.0 Å². The highest BCUT2D eigenvalue weighted by atomic mass is 35.5. The summed E-state index contributed by atoms with van der Waals surface area (Å²) >= 11 is 12.4. The molecular formula is C22H22Cl2N4O5. The highest BCUT2D eigenvalue weighted by molar-refractivity contribution is 6.35. The molecule has 0 aliphatic carbocycles. The highest BCUT2D eigenvalue weighted by Gasteiger charge is 2.25. The van der Waals surface area contributed by atoms with E-state index in [0.717, 1.165) is 22.9 Å². The summed E-state index contributed by atoms with van der Waals surface area (Å²) in [5.41, 5.74) is 2.37. The summed E-state index contributed by atoms with van der Waals surface area (Å²) in [6, 6.07) is 12.0. The summed E-state index contributed by atoms with van der Waals surface area (Å²) in [5, 5.41) is 30.2. The molecule has 3 aromatic rings. The number of carbonyl (C=O) groups excluding carboxylic acids is 2. The van der Waals surface area contributed by atoms with Crippen LogP contribution < -0.4 is 5.32 Å². The molecule has 0 aliphatic rings. The molecule has 0 saturated carbocycles. The molecule has 1 amide bonds. The number of ether oxygens (including phenoxy) is 1. The molecule has 3 N–H and O–H groups in total. The normalized spacial score (nSPS) is 12.7. The topological polar surface area (TPSA) is 127 Å². The molecule has 0 fully saturated rings. The van der Waals surface area contributed by atoms with Crippen molar-refractivity contribution < 1.29 is 24.6 Å². The highest BCUT2D eigenvalue weighted by Crippen LogP contribution is 2.30. The monoisotopic (exact) mass is 492 g/mol. The Labute approximate surface area is 199 Å². The molecule has 2 unspecified atom stereocenters. The smallest absolute Gasteiger partial charge is 0.335 e. The van der Waals surface area contributed by atoms with Crippen molar-refractivity contribution in [3.05, 3.63) is 70.0 Å². The molecule has 1 heterocycles. The van der Waals surface area contributed by atoms with Crippen molar-refractivity contribution in [2.45, 2.75) is 31.9 Å². The van der Waals surface area contributed by atoms with Crippen LogP contribution in [0.2, 0.25) is 10.0 Å². The second kappa shape index (κ2) is 11.1. The zero-order valence-electron chi connectivity index (χ0n) is 17.6. The predicted molar refractivity (Wildman–Crippen MR) is 121 cm³/mol. The van der Waals surface area contributed by atoms with Crippen molar-refractivity contribution in [2.24, 2.45) is 0 Å². The fourth-order valence-corrected chi connectivity index (χ4v) is 3.64. The van der Waals surface area contributed by atoms with E-state index in [0.29, 0.717) is 21.3 Å². The molecule has 174 valence electrons. The number of benzene rings is 2. The lowest BCUT2D eigenvalue weighted by atomic mass is 9.97. The Hall–Kier alpha value is -3.14. The van der Waals surface area contributed by atoms with Crippen LogP contribution in [0.1, 0.15) is 29.4 Å². The summed E-state index contributed by atoms with van der Waals surface area (Å²) in [4.78, 5) is 24.8. The van der Waals surface area contributed by atoms with Crippen LogP contribution in [0.15, 0.2) is 48.7 Å². The van der Waals surface area contributed by atoms with Crippen LogP contribution >= 0.6 is 23.2 Å². The van der Waals surface area contributed by atoms with Gasteiger partial charge in [-0.2, -0.15) is 0 Å². The third-order valence-corrected chi connectivity index (χ3v) is 5.36. The lowest BCUT2D eigenvalue weighted by Crippen LogP contribution is -2.41. The third-order valence-electron chi connectivity index (χ3n) is 4.79. The Morgan fingerprint density at radius 2 is 1.91 bits per heavy atom. The Kier molecular flexibility index (Phi) is 8.26. The number of rotatable bonds is 9. The summed E-state index contributed by atoms with van der Waals surface area (Å²) in [6.45, 7) is 1.76. The number of carbonyl (C=O) groups is 2. The number of hydrogen-bond acceptors (Lipinski definition) is 7. The van der Waals surface area contributed by atoms with Gasteiger partial charge in [-0.15, -0.1) is 5.10 Å². The molecule has 0 aliphatic heterocycles. The van der Waals surface area contributed by atoms with E-state index in [1.165, 1.54) is 0 Å². The van der Waals surface area contributed by atoms with E-state index in [2.05, 4.69) is 15.6 Å². The molecule has 33 heavy (non-hydrogen) atoms. The summed E-state index contributed by atoms with van der Waals surface area (Å²) in [6.07, 6.45) is -0.163.